The van der Waals surface area contributed by atoms with Crippen molar-refractivity contribution in [2.24, 2.45) is 5.41 Å². The second kappa shape index (κ2) is 7.64. The van der Waals surface area contributed by atoms with Crippen molar-refractivity contribution in [1.82, 2.24) is 4.90 Å². The third-order valence-corrected chi connectivity index (χ3v) is 7.98. The number of hydrogen-bond acceptors (Lipinski definition) is 6. The SMILES string of the molecule is O=C(O)C(OC1CC2(CCN(CCO)CC2)C1)(c1cccs1)c1cccs1. The number of aliphatic hydroxyl groups excluding tert-OH is 1. The van der Waals surface area contributed by atoms with Gasteiger partial charge in [0.25, 0.3) is 0 Å². The number of thiophene rings is 2. The van der Waals surface area contributed by atoms with E-state index in [-0.39, 0.29) is 18.1 Å². The highest BCUT2D eigenvalue weighted by Gasteiger charge is 2.53. The van der Waals surface area contributed by atoms with Crippen molar-refractivity contribution in [1.29, 1.82) is 0 Å². The summed E-state index contributed by atoms with van der Waals surface area (Å²) in [5.41, 5.74) is -1.11. The number of carboxylic acid groups (broad SMARTS) is 1. The van der Waals surface area contributed by atoms with Crippen LogP contribution in [-0.2, 0) is 15.1 Å². The minimum atomic E-state index is -1.40. The first-order chi connectivity index (χ1) is 13.1. The zero-order chi connectivity index (χ0) is 18.9. The summed E-state index contributed by atoms with van der Waals surface area (Å²) in [5, 5.41) is 23.1. The lowest BCUT2D eigenvalue weighted by atomic mass is 9.61. The number of likely N-dealkylation sites (tertiary alicyclic amines) is 1. The summed E-state index contributed by atoms with van der Waals surface area (Å²) in [6.07, 6.45) is 4.02. The van der Waals surface area contributed by atoms with Gasteiger partial charge in [-0.3, -0.25) is 0 Å². The highest BCUT2D eigenvalue weighted by molar-refractivity contribution is 7.12. The van der Waals surface area contributed by atoms with Crippen LogP contribution in [0.1, 0.15) is 35.4 Å². The molecule has 146 valence electrons. The van der Waals surface area contributed by atoms with E-state index in [1.54, 1.807) is 0 Å². The number of aliphatic carboxylic acids is 1. The quantitative estimate of drug-likeness (QED) is 0.736. The number of hydrogen-bond donors (Lipinski definition) is 2. The van der Waals surface area contributed by atoms with Crippen molar-refractivity contribution in [2.45, 2.75) is 37.4 Å². The highest BCUT2D eigenvalue weighted by atomic mass is 32.1. The third-order valence-electron chi connectivity index (χ3n) is 6.04. The molecule has 0 radical (unpaired) electrons. The summed E-state index contributed by atoms with van der Waals surface area (Å²) in [6.45, 7) is 2.97. The highest BCUT2D eigenvalue weighted by Crippen LogP contribution is 2.53. The monoisotopic (exact) mass is 407 g/mol. The molecule has 1 saturated carbocycles. The van der Waals surface area contributed by atoms with E-state index in [1.165, 1.54) is 22.7 Å². The number of rotatable bonds is 7. The van der Waals surface area contributed by atoms with Crippen LogP contribution in [0, 0.1) is 5.41 Å². The topological polar surface area (TPSA) is 70.0 Å². The van der Waals surface area contributed by atoms with Gasteiger partial charge < -0.3 is 19.8 Å². The molecule has 2 aromatic heterocycles. The Labute approximate surface area is 167 Å². The summed E-state index contributed by atoms with van der Waals surface area (Å²) >= 11 is 2.87. The predicted octanol–water partition coefficient (Wildman–Crippen LogP) is 3.39. The normalized spacial score (nSPS) is 20.6. The molecule has 0 atom stereocenters. The van der Waals surface area contributed by atoms with Gasteiger partial charge in [-0.05, 0) is 67.1 Å². The molecule has 2 aromatic rings. The Bertz CT molecular complexity index is 709. The van der Waals surface area contributed by atoms with Gasteiger partial charge in [0, 0.05) is 6.54 Å². The number of piperidine rings is 1. The molecule has 2 N–H and O–H groups in total. The Balaban J connectivity index is 1.49. The number of carbonyl (C=O) groups is 1. The molecule has 2 fully saturated rings. The lowest BCUT2D eigenvalue weighted by Crippen LogP contribution is -2.53. The minimum absolute atomic E-state index is 0.0327. The van der Waals surface area contributed by atoms with Crippen LogP contribution in [0.2, 0.25) is 0 Å². The fourth-order valence-corrected chi connectivity index (χ4v) is 6.31. The molecule has 0 bridgehead atoms. The van der Waals surface area contributed by atoms with Gasteiger partial charge >= 0.3 is 5.97 Å². The molecule has 7 heteroatoms. The van der Waals surface area contributed by atoms with E-state index in [1.807, 2.05) is 35.0 Å². The number of aliphatic hydroxyl groups is 1. The number of carboxylic acids is 1. The van der Waals surface area contributed by atoms with Crippen molar-refractivity contribution >= 4 is 28.6 Å². The minimum Gasteiger partial charge on any atom is -0.479 e. The zero-order valence-electron chi connectivity index (χ0n) is 15.2. The van der Waals surface area contributed by atoms with E-state index in [0.29, 0.717) is 0 Å². The summed E-state index contributed by atoms with van der Waals surface area (Å²) in [5.74, 6) is -0.939. The van der Waals surface area contributed by atoms with Crippen LogP contribution in [0.25, 0.3) is 0 Å². The summed E-state index contributed by atoms with van der Waals surface area (Å²) in [7, 11) is 0. The summed E-state index contributed by atoms with van der Waals surface area (Å²) < 4.78 is 6.39. The Hall–Kier alpha value is -1.25. The average molecular weight is 408 g/mol. The lowest BCUT2D eigenvalue weighted by molar-refractivity contribution is -0.190. The van der Waals surface area contributed by atoms with Gasteiger partial charge in [0.1, 0.15) is 0 Å². The fraction of sp³-hybridized carbons (Fsp3) is 0.550. The van der Waals surface area contributed by atoms with Crippen molar-refractivity contribution in [2.75, 3.05) is 26.2 Å². The fourth-order valence-electron chi connectivity index (χ4n) is 4.50. The third kappa shape index (κ3) is 3.47. The van der Waals surface area contributed by atoms with E-state index in [0.717, 1.165) is 55.1 Å². The van der Waals surface area contributed by atoms with Gasteiger partial charge in [0.2, 0.25) is 5.60 Å². The molecule has 1 spiro atoms. The molecule has 1 aliphatic carbocycles. The van der Waals surface area contributed by atoms with Crippen molar-refractivity contribution in [3.8, 4) is 0 Å². The molecular formula is C20H25NO4S2. The predicted molar refractivity (Wildman–Crippen MR) is 106 cm³/mol. The summed E-state index contributed by atoms with van der Waals surface area (Å²) in [4.78, 5) is 16.2. The van der Waals surface area contributed by atoms with Gasteiger partial charge in [-0.1, -0.05) is 12.1 Å². The standard InChI is InChI=1S/C20H25NO4S2/c22-10-9-21-7-5-19(6-8-21)13-15(14-19)25-20(18(23)24,16-3-1-11-26-16)17-4-2-12-27-17/h1-4,11-12,15,22H,5-10,13-14H2,(H,23,24). The number of β-amino-alcohol motifs (C(OH)–C–C–N with tert-alkyl or cyclic N) is 1. The van der Waals surface area contributed by atoms with Crippen LogP contribution in [0.15, 0.2) is 35.0 Å². The van der Waals surface area contributed by atoms with E-state index in [9.17, 15) is 9.90 Å². The Kier molecular flexibility index (Phi) is 5.40. The van der Waals surface area contributed by atoms with E-state index >= 15 is 0 Å². The second-order valence-electron chi connectivity index (χ2n) is 7.65. The average Bonchev–Trinajstić information content (AvgIpc) is 3.34. The molecule has 0 aromatic carbocycles. The Morgan fingerprint density at radius 1 is 1.19 bits per heavy atom. The van der Waals surface area contributed by atoms with Crippen LogP contribution in [-0.4, -0.2) is 53.4 Å². The molecule has 0 unspecified atom stereocenters. The Morgan fingerprint density at radius 3 is 2.22 bits per heavy atom. The maximum atomic E-state index is 12.4. The number of ether oxygens (including phenoxy) is 1. The van der Waals surface area contributed by atoms with Gasteiger partial charge in [-0.25, -0.2) is 4.79 Å². The zero-order valence-corrected chi connectivity index (χ0v) is 16.8. The van der Waals surface area contributed by atoms with Crippen molar-refractivity contribution in [3.05, 3.63) is 44.8 Å². The molecule has 1 saturated heterocycles. The van der Waals surface area contributed by atoms with Crippen LogP contribution < -0.4 is 0 Å². The van der Waals surface area contributed by atoms with Gasteiger partial charge in [-0.15, -0.1) is 22.7 Å². The molecule has 3 heterocycles. The first-order valence-corrected chi connectivity index (χ1v) is 11.2. The van der Waals surface area contributed by atoms with Crippen LogP contribution >= 0.6 is 22.7 Å². The molecule has 0 amide bonds. The van der Waals surface area contributed by atoms with Gasteiger partial charge in [0.05, 0.1) is 22.5 Å². The van der Waals surface area contributed by atoms with Crippen LogP contribution in [0.4, 0.5) is 0 Å². The molecule has 4 rings (SSSR count). The molecule has 27 heavy (non-hydrogen) atoms. The van der Waals surface area contributed by atoms with Gasteiger partial charge in [-0.2, -0.15) is 0 Å². The van der Waals surface area contributed by atoms with Crippen molar-refractivity contribution in [3.63, 3.8) is 0 Å². The first kappa shape index (κ1) is 19.1. The molecule has 2 aliphatic rings. The Morgan fingerprint density at radius 2 is 1.78 bits per heavy atom. The molecular weight excluding hydrogens is 382 g/mol. The van der Waals surface area contributed by atoms with Crippen LogP contribution in [0.5, 0.6) is 0 Å². The van der Waals surface area contributed by atoms with E-state index < -0.39 is 11.6 Å². The van der Waals surface area contributed by atoms with E-state index in [4.69, 9.17) is 9.84 Å². The largest absolute Gasteiger partial charge is 0.479 e. The van der Waals surface area contributed by atoms with Gasteiger partial charge in [0.15, 0.2) is 0 Å². The smallest absolute Gasteiger partial charge is 0.347 e. The first-order valence-electron chi connectivity index (χ1n) is 9.40. The van der Waals surface area contributed by atoms with Crippen molar-refractivity contribution < 1.29 is 19.7 Å². The lowest BCUT2D eigenvalue weighted by Gasteiger charge is -2.53. The second-order valence-corrected chi connectivity index (χ2v) is 9.55. The van der Waals surface area contributed by atoms with Crippen LogP contribution in [0.3, 0.4) is 0 Å². The maximum Gasteiger partial charge on any atom is 0.347 e. The maximum absolute atomic E-state index is 12.4. The molecule has 5 nitrogen and oxygen atoms in total. The number of nitrogens with zero attached hydrogens (tertiary/aromatic N) is 1. The molecule has 1 aliphatic heterocycles. The summed E-state index contributed by atoms with van der Waals surface area (Å²) in [6, 6.07) is 7.49. The van der Waals surface area contributed by atoms with E-state index in [2.05, 4.69) is 4.90 Å².